The van der Waals surface area contributed by atoms with Crippen LogP contribution in [0.2, 0.25) is 0 Å². The summed E-state index contributed by atoms with van der Waals surface area (Å²) in [6, 6.07) is 12.5. The molecule has 2 aromatic carbocycles. The highest BCUT2D eigenvalue weighted by Crippen LogP contribution is 2.45. The maximum Gasteiger partial charge on any atom is 0.326 e. The second-order valence-corrected chi connectivity index (χ2v) is 7.79. The molecule has 0 spiro atoms. The van der Waals surface area contributed by atoms with Crippen LogP contribution in [0.3, 0.4) is 0 Å². The molecule has 0 amide bonds. The molecule has 3 rings (SSSR count). The van der Waals surface area contributed by atoms with Crippen LogP contribution in [0.25, 0.3) is 0 Å². The smallest absolute Gasteiger partial charge is 0.326 e. The molecular weight excluding hydrogens is 424 g/mol. The predicted octanol–water partition coefficient (Wildman–Crippen LogP) is 4.46. The van der Waals surface area contributed by atoms with E-state index in [1.165, 1.54) is 7.11 Å². The number of halogens is 1. The van der Waals surface area contributed by atoms with Gasteiger partial charge in [-0.3, -0.25) is 14.4 Å². The van der Waals surface area contributed by atoms with E-state index in [4.69, 9.17) is 9.47 Å². The minimum Gasteiger partial charge on any atom is -0.468 e. The molecule has 0 radical (unpaired) electrons. The van der Waals surface area contributed by atoms with Gasteiger partial charge in [-0.25, -0.2) is 0 Å². The number of rotatable bonds is 5. The number of fused-ring (bicyclic) bond motifs is 1. The van der Waals surface area contributed by atoms with Crippen molar-refractivity contribution in [3.05, 3.63) is 63.6 Å². The van der Waals surface area contributed by atoms with E-state index in [9.17, 15) is 14.4 Å². The quantitative estimate of drug-likeness (QED) is 0.294. The summed E-state index contributed by atoms with van der Waals surface area (Å²) in [6.07, 6.45) is 0.462. The Labute approximate surface area is 172 Å². The highest BCUT2D eigenvalue weighted by atomic mass is 79.9. The third kappa shape index (κ3) is 3.74. The van der Waals surface area contributed by atoms with Crippen LogP contribution in [-0.2, 0) is 14.3 Å². The van der Waals surface area contributed by atoms with Gasteiger partial charge in [0.25, 0.3) is 0 Å². The summed E-state index contributed by atoms with van der Waals surface area (Å²) in [7, 11) is 1.23. The molecule has 6 heteroatoms. The van der Waals surface area contributed by atoms with Gasteiger partial charge in [0, 0.05) is 27.4 Å². The molecule has 0 aliphatic carbocycles. The zero-order chi connectivity index (χ0) is 20.4. The Hall–Kier alpha value is -2.47. The predicted molar refractivity (Wildman–Crippen MR) is 107 cm³/mol. The standard InChI is InChI=1S/C22H21BrO5/c1-4-15(20(24)13-7-5-12(2)6-8-13)18-16-11-14(23)9-10-17(16)28-22(26)19(18)21(25)27-3/h5-11,15,18-19H,4H2,1-3H3/t15-,18-,19-/m0/s1. The van der Waals surface area contributed by atoms with Crippen LogP contribution in [0.5, 0.6) is 5.75 Å². The van der Waals surface area contributed by atoms with Crippen LogP contribution in [0.4, 0.5) is 0 Å². The number of hydrogen-bond donors (Lipinski definition) is 0. The van der Waals surface area contributed by atoms with E-state index in [0.29, 0.717) is 23.3 Å². The SMILES string of the molecule is CC[C@H](C(=O)c1ccc(C)cc1)[C@H]1c2cc(Br)ccc2OC(=O)[C@@H]1C(=O)OC. The summed E-state index contributed by atoms with van der Waals surface area (Å²) in [6.45, 7) is 3.83. The second-order valence-electron chi connectivity index (χ2n) is 6.87. The number of Topliss-reactive ketones (excluding diaryl/α,β-unsaturated/α-hetero) is 1. The van der Waals surface area contributed by atoms with Gasteiger partial charge >= 0.3 is 11.9 Å². The molecule has 0 unspecified atom stereocenters. The molecule has 1 heterocycles. The number of ketones is 1. The largest absolute Gasteiger partial charge is 0.468 e. The molecule has 28 heavy (non-hydrogen) atoms. The molecule has 1 aliphatic heterocycles. The molecular formula is C22H21BrO5. The van der Waals surface area contributed by atoms with Crippen molar-refractivity contribution in [3.63, 3.8) is 0 Å². The number of esters is 2. The van der Waals surface area contributed by atoms with Gasteiger partial charge in [0.05, 0.1) is 7.11 Å². The van der Waals surface area contributed by atoms with Crippen molar-refractivity contribution in [2.75, 3.05) is 7.11 Å². The first-order valence-corrected chi connectivity index (χ1v) is 9.86. The molecule has 0 saturated heterocycles. The van der Waals surface area contributed by atoms with Crippen molar-refractivity contribution in [1.82, 2.24) is 0 Å². The van der Waals surface area contributed by atoms with Gasteiger partial charge in [0.2, 0.25) is 0 Å². The van der Waals surface area contributed by atoms with Gasteiger partial charge in [-0.2, -0.15) is 0 Å². The molecule has 3 atom stereocenters. The first-order valence-electron chi connectivity index (χ1n) is 9.07. The Morgan fingerprint density at radius 3 is 2.46 bits per heavy atom. The lowest BCUT2D eigenvalue weighted by Gasteiger charge is -2.34. The van der Waals surface area contributed by atoms with Gasteiger partial charge in [-0.15, -0.1) is 0 Å². The first kappa shape index (κ1) is 20.3. The van der Waals surface area contributed by atoms with E-state index in [2.05, 4.69) is 15.9 Å². The fraction of sp³-hybridized carbons (Fsp3) is 0.318. The maximum atomic E-state index is 13.3. The highest BCUT2D eigenvalue weighted by molar-refractivity contribution is 9.10. The summed E-state index contributed by atoms with van der Waals surface area (Å²) >= 11 is 3.43. The van der Waals surface area contributed by atoms with Crippen LogP contribution in [0.1, 0.15) is 40.7 Å². The fourth-order valence-corrected chi connectivity index (χ4v) is 4.10. The van der Waals surface area contributed by atoms with Gasteiger partial charge in [0.15, 0.2) is 11.7 Å². The van der Waals surface area contributed by atoms with E-state index >= 15 is 0 Å². The molecule has 0 fully saturated rings. The van der Waals surface area contributed by atoms with Crippen LogP contribution < -0.4 is 4.74 Å². The zero-order valence-electron chi connectivity index (χ0n) is 15.9. The summed E-state index contributed by atoms with van der Waals surface area (Å²) in [5.41, 5.74) is 2.25. The first-order chi connectivity index (χ1) is 13.4. The number of carbonyl (C=O) groups is 3. The molecule has 1 aliphatic rings. The minimum absolute atomic E-state index is 0.109. The topological polar surface area (TPSA) is 69.7 Å². The average molecular weight is 445 g/mol. The van der Waals surface area contributed by atoms with Gasteiger partial charge < -0.3 is 9.47 Å². The lowest BCUT2D eigenvalue weighted by molar-refractivity contribution is -0.158. The fourth-order valence-electron chi connectivity index (χ4n) is 3.72. The summed E-state index contributed by atoms with van der Waals surface area (Å²) in [5, 5.41) is 0. The Morgan fingerprint density at radius 1 is 1.18 bits per heavy atom. The number of benzene rings is 2. The number of aryl methyl sites for hydroxylation is 1. The van der Waals surface area contributed by atoms with Crippen LogP contribution >= 0.6 is 15.9 Å². The van der Waals surface area contributed by atoms with Gasteiger partial charge in [-0.1, -0.05) is 52.7 Å². The van der Waals surface area contributed by atoms with E-state index in [-0.39, 0.29) is 5.78 Å². The monoisotopic (exact) mass is 444 g/mol. The summed E-state index contributed by atoms with van der Waals surface area (Å²) < 4.78 is 11.0. The molecule has 2 aromatic rings. The second kappa shape index (κ2) is 8.27. The van der Waals surface area contributed by atoms with E-state index in [1.54, 1.807) is 30.3 Å². The Morgan fingerprint density at radius 2 is 1.86 bits per heavy atom. The normalized spacial score (nSPS) is 19.4. The number of hydrogen-bond acceptors (Lipinski definition) is 5. The van der Waals surface area contributed by atoms with Crippen molar-refractivity contribution >= 4 is 33.7 Å². The molecule has 5 nitrogen and oxygen atoms in total. The van der Waals surface area contributed by atoms with Crippen molar-refractivity contribution in [3.8, 4) is 5.75 Å². The maximum absolute atomic E-state index is 13.3. The lowest BCUT2D eigenvalue weighted by Crippen LogP contribution is -2.42. The zero-order valence-corrected chi connectivity index (χ0v) is 17.5. The molecule has 0 aromatic heterocycles. The summed E-state index contributed by atoms with van der Waals surface area (Å²) in [5.74, 6) is -3.56. The van der Waals surface area contributed by atoms with E-state index in [1.807, 2.05) is 26.0 Å². The van der Waals surface area contributed by atoms with E-state index in [0.717, 1.165) is 10.0 Å². The molecule has 146 valence electrons. The lowest BCUT2D eigenvalue weighted by atomic mass is 9.71. The van der Waals surface area contributed by atoms with Crippen molar-refractivity contribution < 1.29 is 23.9 Å². The highest BCUT2D eigenvalue weighted by Gasteiger charge is 2.48. The number of methoxy groups -OCH3 is 1. The Bertz CT molecular complexity index is 919. The molecule has 0 bridgehead atoms. The number of ether oxygens (including phenoxy) is 2. The van der Waals surface area contributed by atoms with Crippen LogP contribution in [0, 0.1) is 18.8 Å². The van der Waals surface area contributed by atoms with Crippen molar-refractivity contribution in [2.24, 2.45) is 11.8 Å². The Kier molecular flexibility index (Phi) is 5.98. The average Bonchev–Trinajstić information content (AvgIpc) is 2.68. The Balaban J connectivity index is 2.13. The number of carbonyl (C=O) groups excluding carboxylic acids is 3. The molecule has 0 N–H and O–H groups in total. The van der Waals surface area contributed by atoms with Gasteiger partial charge in [0.1, 0.15) is 5.75 Å². The third-order valence-corrected chi connectivity index (χ3v) is 5.65. The minimum atomic E-state index is -1.19. The van der Waals surface area contributed by atoms with Crippen LogP contribution in [0.15, 0.2) is 46.9 Å². The van der Waals surface area contributed by atoms with Crippen LogP contribution in [-0.4, -0.2) is 24.8 Å². The van der Waals surface area contributed by atoms with Gasteiger partial charge in [-0.05, 0) is 31.5 Å². The van der Waals surface area contributed by atoms with E-state index < -0.39 is 29.7 Å². The summed E-state index contributed by atoms with van der Waals surface area (Å²) in [4.78, 5) is 38.4. The molecule has 0 saturated carbocycles. The van der Waals surface area contributed by atoms with Crippen molar-refractivity contribution in [2.45, 2.75) is 26.2 Å². The van der Waals surface area contributed by atoms with Crippen molar-refractivity contribution in [1.29, 1.82) is 0 Å². The third-order valence-electron chi connectivity index (χ3n) is 5.16.